The zero-order valence-corrected chi connectivity index (χ0v) is 15.8. The fourth-order valence-corrected chi connectivity index (χ4v) is 2.83. The van der Waals surface area contributed by atoms with Gasteiger partial charge < -0.3 is 14.2 Å². The molecule has 8 nitrogen and oxygen atoms in total. The average molecular weight is 400 g/mol. The third kappa shape index (κ3) is 3.75. The van der Waals surface area contributed by atoms with Gasteiger partial charge in [-0.15, -0.1) is 0 Å². The molecule has 0 unspecified atom stereocenters. The summed E-state index contributed by atoms with van der Waals surface area (Å²) in [6.07, 6.45) is 1.30. The highest BCUT2D eigenvalue weighted by Gasteiger charge is 2.36. The number of hydrogen-bond acceptors (Lipinski definition) is 6. The summed E-state index contributed by atoms with van der Waals surface area (Å²) in [6, 6.07) is 6.92. The summed E-state index contributed by atoms with van der Waals surface area (Å²) in [5.74, 6) is -1.23. The van der Waals surface area contributed by atoms with E-state index < -0.39 is 23.7 Å². The van der Waals surface area contributed by atoms with E-state index in [0.717, 1.165) is 17.0 Å². The molecule has 0 bridgehead atoms. The summed E-state index contributed by atoms with van der Waals surface area (Å²) in [5.41, 5.74) is 0.242. The molecule has 1 heterocycles. The minimum Gasteiger partial charge on any atom is -0.493 e. The maximum absolute atomic E-state index is 13.2. The number of halogens is 1. The van der Waals surface area contributed by atoms with Gasteiger partial charge >= 0.3 is 6.03 Å². The number of rotatable bonds is 5. The van der Waals surface area contributed by atoms with E-state index in [0.29, 0.717) is 22.8 Å². The summed E-state index contributed by atoms with van der Waals surface area (Å²) in [6.45, 7) is 0. The number of nitrogens with zero attached hydrogens (tertiary/aromatic N) is 1. The minimum atomic E-state index is -0.923. The third-order valence-electron chi connectivity index (χ3n) is 4.18. The summed E-state index contributed by atoms with van der Waals surface area (Å²) in [5, 5.41) is 2.10. The molecule has 150 valence electrons. The van der Waals surface area contributed by atoms with Gasteiger partial charge in [0.25, 0.3) is 11.8 Å². The molecule has 29 heavy (non-hydrogen) atoms. The van der Waals surface area contributed by atoms with Crippen molar-refractivity contribution in [2.45, 2.75) is 0 Å². The normalized spacial score (nSPS) is 15.4. The largest absolute Gasteiger partial charge is 0.493 e. The van der Waals surface area contributed by atoms with Crippen LogP contribution in [0.5, 0.6) is 17.2 Å². The van der Waals surface area contributed by atoms with E-state index >= 15 is 0 Å². The minimum absolute atomic E-state index is 0.122. The van der Waals surface area contributed by atoms with E-state index in [2.05, 4.69) is 5.32 Å². The van der Waals surface area contributed by atoms with Crippen LogP contribution in [0.1, 0.15) is 5.56 Å². The Kier molecular flexibility index (Phi) is 5.49. The van der Waals surface area contributed by atoms with Crippen molar-refractivity contribution in [3.05, 3.63) is 53.4 Å². The summed E-state index contributed by atoms with van der Waals surface area (Å²) < 4.78 is 28.9. The van der Waals surface area contributed by atoms with Gasteiger partial charge in [0, 0.05) is 0 Å². The van der Waals surface area contributed by atoms with E-state index in [1.165, 1.54) is 39.5 Å². The van der Waals surface area contributed by atoms with Crippen LogP contribution in [0.4, 0.5) is 14.9 Å². The molecule has 2 aromatic rings. The van der Waals surface area contributed by atoms with Crippen LogP contribution in [-0.2, 0) is 9.59 Å². The van der Waals surface area contributed by atoms with E-state index in [9.17, 15) is 18.8 Å². The molecule has 1 fully saturated rings. The number of amides is 4. The lowest BCUT2D eigenvalue weighted by molar-refractivity contribution is -0.122. The van der Waals surface area contributed by atoms with Gasteiger partial charge in [-0.1, -0.05) is 0 Å². The van der Waals surface area contributed by atoms with Gasteiger partial charge in [0.05, 0.1) is 27.0 Å². The van der Waals surface area contributed by atoms with E-state index in [1.807, 2.05) is 0 Å². The van der Waals surface area contributed by atoms with Crippen LogP contribution >= 0.6 is 0 Å². The van der Waals surface area contributed by atoms with Gasteiger partial charge in [0.1, 0.15) is 11.4 Å². The van der Waals surface area contributed by atoms with Crippen molar-refractivity contribution in [1.29, 1.82) is 0 Å². The lowest BCUT2D eigenvalue weighted by atomic mass is 10.1. The SMILES string of the molecule is COc1cc(/C=C2\C(=O)NC(=O)N(c3ccc(F)cc3)C2=O)cc(OC)c1OC. The second kappa shape index (κ2) is 8.01. The maximum atomic E-state index is 13.2. The number of imide groups is 2. The summed E-state index contributed by atoms with van der Waals surface area (Å²) >= 11 is 0. The highest BCUT2D eigenvalue weighted by molar-refractivity contribution is 6.39. The van der Waals surface area contributed by atoms with Gasteiger partial charge in [-0.05, 0) is 48.0 Å². The zero-order chi connectivity index (χ0) is 21.1. The molecule has 1 N–H and O–H groups in total. The molecule has 0 aliphatic carbocycles. The Morgan fingerprint density at radius 1 is 0.931 bits per heavy atom. The fourth-order valence-electron chi connectivity index (χ4n) is 2.83. The molecule has 1 aliphatic heterocycles. The van der Waals surface area contributed by atoms with Gasteiger partial charge in [0.2, 0.25) is 5.75 Å². The summed E-state index contributed by atoms with van der Waals surface area (Å²) in [4.78, 5) is 38.1. The average Bonchev–Trinajstić information content (AvgIpc) is 2.71. The van der Waals surface area contributed by atoms with Gasteiger partial charge in [-0.3, -0.25) is 14.9 Å². The number of anilines is 1. The molecule has 0 radical (unpaired) electrons. The number of carbonyl (C=O) groups is 3. The second-order valence-electron chi connectivity index (χ2n) is 5.89. The van der Waals surface area contributed by atoms with Crippen LogP contribution in [0, 0.1) is 5.82 Å². The van der Waals surface area contributed by atoms with Gasteiger partial charge in [0.15, 0.2) is 11.5 Å². The fraction of sp³-hybridized carbons (Fsp3) is 0.150. The molecule has 1 saturated heterocycles. The Hall–Kier alpha value is -3.88. The predicted octanol–water partition coefficient (Wildman–Crippen LogP) is 2.52. The molecule has 0 spiro atoms. The van der Waals surface area contributed by atoms with Crippen LogP contribution in [0.3, 0.4) is 0 Å². The number of urea groups is 1. The number of hydrogen-bond donors (Lipinski definition) is 1. The highest BCUT2D eigenvalue weighted by atomic mass is 19.1. The van der Waals surface area contributed by atoms with Crippen LogP contribution in [0.25, 0.3) is 6.08 Å². The third-order valence-corrected chi connectivity index (χ3v) is 4.18. The van der Waals surface area contributed by atoms with Crippen molar-refractivity contribution >= 4 is 29.6 Å². The first-order valence-corrected chi connectivity index (χ1v) is 8.36. The standard InChI is InChI=1S/C20H17FN2O6/c1-27-15-9-11(10-16(28-2)17(15)29-3)8-14-18(24)22-20(26)23(19(14)25)13-6-4-12(21)5-7-13/h4-10H,1-3H3,(H,22,24,26)/b14-8+. The van der Waals surface area contributed by atoms with Crippen molar-refractivity contribution in [3.8, 4) is 17.2 Å². The lowest BCUT2D eigenvalue weighted by Gasteiger charge is -2.26. The van der Waals surface area contributed by atoms with Gasteiger partial charge in [-0.25, -0.2) is 14.1 Å². The number of nitrogens with one attached hydrogen (secondary N) is 1. The number of methoxy groups -OCH3 is 3. The van der Waals surface area contributed by atoms with E-state index in [1.54, 1.807) is 12.1 Å². The summed E-state index contributed by atoms with van der Waals surface area (Å²) in [7, 11) is 4.31. The van der Waals surface area contributed by atoms with Crippen molar-refractivity contribution in [1.82, 2.24) is 5.32 Å². The molecule has 2 aromatic carbocycles. The number of carbonyl (C=O) groups excluding carboxylic acids is 3. The number of barbiturate groups is 1. The molecular formula is C20H17FN2O6. The zero-order valence-electron chi connectivity index (χ0n) is 15.8. The van der Waals surface area contributed by atoms with Crippen molar-refractivity contribution in [2.24, 2.45) is 0 Å². The quantitative estimate of drug-likeness (QED) is 0.612. The molecule has 3 rings (SSSR count). The van der Waals surface area contributed by atoms with Crippen LogP contribution < -0.4 is 24.4 Å². The van der Waals surface area contributed by atoms with Crippen LogP contribution in [0.2, 0.25) is 0 Å². The lowest BCUT2D eigenvalue weighted by Crippen LogP contribution is -2.54. The van der Waals surface area contributed by atoms with Crippen molar-refractivity contribution < 1.29 is 33.0 Å². The number of ether oxygens (including phenoxy) is 3. The van der Waals surface area contributed by atoms with Crippen LogP contribution in [-0.4, -0.2) is 39.2 Å². The van der Waals surface area contributed by atoms with Crippen molar-refractivity contribution in [2.75, 3.05) is 26.2 Å². The first-order chi connectivity index (χ1) is 13.9. The Labute approximate surface area is 165 Å². The van der Waals surface area contributed by atoms with E-state index in [4.69, 9.17) is 14.2 Å². The number of benzene rings is 2. The maximum Gasteiger partial charge on any atom is 0.335 e. The Morgan fingerprint density at radius 2 is 1.52 bits per heavy atom. The predicted molar refractivity (Wildman–Crippen MR) is 101 cm³/mol. The monoisotopic (exact) mass is 400 g/mol. The molecule has 0 saturated carbocycles. The highest BCUT2D eigenvalue weighted by Crippen LogP contribution is 2.39. The molecule has 0 aromatic heterocycles. The Bertz CT molecular complexity index is 991. The van der Waals surface area contributed by atoms with Crippen molar-refractivity contribution in [3.63, 3.8) is 0 Å². The first kappa shape index (κ1) is 19.9. The topological polar surface area (TPSA) is 94.2 Å². The smallest absolute Gasteiger partial charge is 0.335 e. The second-order valence-corrected chi connectivity index (χ2v) is 5.89. The van der Waals surface area contributed by atoms with Crippen LogP contribution in [0.15, 0.2) is 42.0 Å². The molecule has 0 atom stereocenters. The molecule has 4 amide bonds. The Morgan fingerprint density at radius 3 is 2.03 bits per heavy atom. The molecule has 9 heteroatoms. The molecular weight excluding hydrogens is 383 g/mol. The first-order valence-electron chi connectivity index (χ1n) is 8.36. The van der Waals surface area contributed by atoms with E-state index in [-0.39, 0.29) is 11.3 Å². The Balaban J connectivity index is 2.06. The molecule has 1 aliphatic rings. The van der Waals surface area contributed by atoms with Gasteiger partial charge in [-0.2, -0.15) is 0 Å².